The molecule has 5 rings (SSSR count). The van der Waals surface area contributed by atoms with Gasteiger partial charge in [-0.1, -0.05) is 25.0 Å². The molecule has 1 saturated carbocycles. The van der Waals surface area contributed by atoms with Crippen LogP contribution in [-0.2, 0) is 14.3 Å². The van der Waals surface area contributed by atoms with E-state index in [1.807, 2.05) is 0 Å². The minimum absolute atomic E-state index is 0.0104. The van der Waals surface area contributed by atoms with E-state index >= 15 is 0 Å². The summed E-state index contributed by atoms with van der Waals surface area (Å²) in [5, 5.41) is 0. The molecule has 2 fully saturated rings. The van der Waals surface area contributed by atoms with E-state index in [2.05, 4.69) is 31.9 Å². The fourth-order valence-electron chi connectivity index (χ4n) is 7.85. The van der Waals surface area contributed by atoms with Crippen LogP contribution >= 0.6 is 0 Å². The number of likely N-dealkylation sites (tertiary alicyclic amines) is 1. The normalized spacial score (nSPS) is 42.3. The van der Waals surface area contributed by atoms with Gasteiger partial charge in [-0.25, -0.2) is 0 Å². The molecule has 3 aliphatic carbocycles. The van der Waals surface area contributed by atoms with Gasteiger partial charge in [0, 0.05) is 29.8 Å². The van der Waals surface area contributed by atoms with E-state index in [1.54, 1.807) is 18.3 Å². The highest BCUT2D eigenvalue weighted by atomic mass is 16.5. The van der Waals surface area contributed by atoms with E-state index < -0.39 is 0 Å². The minimum atomic E-state index is 0.0104. The quantitative estimate of drug-likeness (QED) is 0.528. The first-order valence-corrected chi connectivity index (χ1v) is 11.2. The summed E-state index contributed by atoms with van der Waals surface area (Å²) in [5.74, 6) is 2.70. The number of carbonyl (C=O) groups is 1. The van der Waals surface area contributed by atoms with Crippen molar-refractivity contribution in [2.75, 3.05) is 33.9 Å². The molecular weight excluding hydrogens is 350 g/mol. The third-order valence-electron chi connectivity index (χ3n) is 8.92. The number of carbonyl (C=O) groups excluding carboxylic acids is 1. The van der Waals surface area contributed by atoms with Crippen LogP contribution in [0.5, 0.6) is 0 Å². The number of piperidine rings is 1. The van der Waals surface area contributed by atoms with E-state index in [0.29, 0.717) is 17.8 Å². The molecule has 4 heteroatoms. The molecule has 4 nitrogen and oxygen atoms in total. The second-order valence-electron chi connectivity index (χ2n) is 10.4. The highest BCUT2D eigenvalue weighted by molar-refractivity contribution is 5.75. The highest BCUT2D eigenvalue weighted by Gasteiger charge is 2.68. The van der Waals surface area contributed by atoms with Gasteiger partial charge in [0.15, 0.2) is 0 Å². The molecule has 2 heterocycles. The van der Waals surface area contributed by atoms with Crippen molar-refractivity contribution in [3.05, 3.63) is 23.0 Å². The lowest BCUT2D eigenvalue weighted by atomic mass is 9.51. The zero-order valence-corrected chi connectivity index (χ0v) is 17.9. The van der Waals surface area contributed by atoms with E-state index in [-0.39, 0.29) is 22.7 Å². The van der Waals surface area contributed by atoms with Crippen LogP contribution in [-0.4, -0.2) is 44.7 Å². The van der Waals surface area contributed by atoms with Gasteiger partial charge in [0.25, 0.3) is 0 Å². The molecule has 0 N–H and O–H groups in total. The maximum absolute atomic E-state index is 12.8. The number of rotatable bonds is 2. The Labute approximate surface area is 169 Å². The van der Waals surface area contributed by atoms with Gasteiger partial charge in [0.05, 0.1) is 25.4 Å². The predicted octanol–water partition coefficient (Wildman–Crippen LogP) is 4.17. The molecule has 154 valence electrons. The summed E-state index contributed by atoms with van der Waals surface area (Å²) in [4.78, 5) is 15.3. The molecule has 2 bridgehead atoms. The smallest absolute Gasteiger partial charge is 0.309 e. The minimum Gasteiger partial charge on any atom is -0.497 e. The van der Waals surface area contributed by atoms with E-state index in [4.69, 9.17) is 9.47 Å². The van der Waals surface area contributed by atoms with Crippen molar-refractivity contribution in [1.29, 1.82) is 0 Å². The molecule has 5 aliphatic rings. The number of nitrogens with zero attached hydrogens (tertiary/aromatic N) is 1. The number of hydrogen-bond donors (Lipinski definition) is 0. The lowest BCUT2D eigenvalue weighted by molar-refractivity contribution is -0.149. The first-order valence-electron chi connectivity index (χ1n) is 11.2. The summed E-state index contributed by atoms with van der Waals surface area (Å²) < 4.78 is 11.8. The van der Waals surface area contributed by atoms with Crippen LogP contribution in [0.15, 0.2) is 23.0 Å². The summed E-state index contributed by atoms with van der Waals surface area (Å²) >= 11 is 0. The number of ether oxygens (including phenoxy) is 2. The van der Waals surface area contributed by atoms with Crippen molar-refractivity contribution in [3.63, 3.8) is 0 Å². The lowest BCUT2D eigenvalue weighted by Gasteiger charge is -2.59. The SMILES string of the molecule is COC(=O)[C@H]1C[C@]23CN(C)C[C@H](CCC4=C2[C@H]1CC4)[C@]31CC=C(C(C)C)OC1. The Kier molecular flexibility index (Phi) is 4.25. The molecular formula is C24H35NO3. The Morgan fingerprint density at radius 2 is 2.11 bits per heavy atom. The first kappa shape index (κ1) is 18.7. The predicted molar refractivity (Wildman–Crippen MR) is 108 cm³/mol. The van der Waals surface area contributed by atoms with E-state index in [9.17, 15) is 4.79 Å². The van der Waals surface area contributed by atoms with Crippen molar-refractivity contribution in [2.45, 2.75) is 52.4 Å². The Hall–Kier alpha value is -1.29. The molecule has 0 unspecified atom stereocenters. The zero-order valence-electron chi connectivity index (χ0n) is 17.9. The van der Waals surface area contributed by atoms with E-state index in [0.717, 1.165) is 44.7 Å². The van der Waals surface area contributed by atoms with Gasteiger partial charge in [-0.3, -0.25) is 4.79 Å². The van der Waals surface area contributed by atoms with Gasteiger partial charge < -0.3 is 14.4 Å². The fourth-order valence-corrected chi connectivity index (χ4v) is 7.85. The zero-order chi connectivity index (χ0) is 19.7. The number of methoxy groups -OCH3 is 1. The maximum Gasteiger partial charge on any atom is 0.309 e. The lowest BCUT2D eigenvalue weighted by Crippen LogP contribution is -2.61. The molecule has 0 aromatic heterocycles. The molecule has 2 aliphatic heterocycles. The van der Waals surface area contributed by atoms with Gasteiger partial charge in [0.2, 0.25) is 0 Å². The van der Waals surface area contributed by atoms with Crippen molar-refractivity contribution in [3.8, 4) is 0 Å². The van der Waals surface area contributed by atoms with Gasteiger partial charge in [-0.2, -0.15) is 0 Å². The molecule has 0 aromatic rings. The van der Waals surface area contributed by atoms with Crippen LogP contribution in [0.3, 0.4) is 0 Å². The van der Waals surface area contributed by atoms with Crippen LogP contribution < -0.4 is 0 Å². The summed E-state index contributed by atoms with van der Waals surface area (Å²) in [7, 11) is 3.84. The summed E-state index contributed by atoms with van der Waals surface area (Å²) in [6.07, 6.45) is 9.29. The second kappa shape index (κ2) is 6.35. The average Bonchev–Trinajstić information content (AvgIpc) is 3.22. The third kappa shape index (κ3) is 2.30. The Morgan fingerprint density at radius 1 is 1.32 bits per heavy atom. The largest absolute Gasteiger partial charge is 0.497 e. The average molecular weight is 386 g/mol. The number of hydrogen-bond acceptors (Lipinski definition) is 4. The van der Waals surface area contributed by atoms with Gasteiger partial charge in [-0.15, -0.1) is 0 Å². The second-order valence-corrected chi connectivity index (χ2v) is 10.4. The molecule has 0 radical (unpaired) electrons. The third-order valence-corrected chi connectivity index (χ3v) is 8.92. The van der Waals surface area contributed by atoms with Crippen LogP contribution in [0, 0.1) is 34.5 Å². The highest BCUT2D eigenvalue weighted by Crippen LogP contribution is 2.71. The Balaban J connectivity index is 1.66. The molecule has 28 heavy (non-hydrogen) atoms. The molecule has 0 aromatic carbocycles. The van der Waals surface area contributed by atoms with Crippen LogP contribution in [0.2, 0.25) is 0 Å². The van der Waals surface area contributed by atoms with Gasteiger partial charge >= 0.3 is 5.97 Å². The Morgan fingerprint density at radius 3 is 2.79 bits per heavy atom. The van der Waals surface area contributed by atoms with Crippen molar-refractivity contribution >= 4 is 5.97 Å². The van der Waals surface area contributed by atoms with Gasteiger partial charge in [-0.05, 0) is 63.5 Å². The fraction of sp³-hybridized carbons (Fsp3) is 0.792. The standard InChI is InChI=1S/C24H35NO3/c1-15(2)20-9-10-23(14-28-20)17-7-5-16-6-8-18-19(22(26)27-4)11-24(23,21(16)18)13-25(3)12-17/h9,15,17-19H,5-8,10-14H2,1-4H3/t17-,18-,19-,23+,24-/m0/s1. The van der Waals surface area contributed by atoms with Crippen LogP contribution in [0.1, 0.15) is 52.4 Å². The van der Waals surface area contributed by atoms with Crippen molar-refractivity contribution in [2.24, 2.45) is 34.5 Å². The molecule has 1 saturated heterocycles. The summed E-state index contributed by atoms with van der Waals surface area (Å²) in [6, 6.07) is 0. The van der Waals surface area contributed by atoms with Crippen LogP contribution in [0.25, 0.3) is 0 Å². The molecule has 0 amide bonds. The summed E-state index contributed by atoms with van der Waals surface area (Å²) in [6.45, 7) is 7.50. The van der Waals surface area contributed by atoms with Crippen molar-refractivity contribution < 1.29 is 14.3 Å². The van der Waals surface area contributed by atoms with Crippen LogP contribution in [0.4, 0.5) is 0 Å². The monoisotopic (exact) mass is 385 g/mol. The Bertz CT molecular complexity index is 753. The molecule has 2 spiro atoms. The number of esters is 1. The van der Waals surface area contributed by atoms with Crippen molar-refractivity contribution in [1.82, 2.24) is 4.90 Å². The van der Waals surface area contributed by atoms with Gasteiger partial charge in [0.1, 0.15) is 0 Å². The van der Waals surface area contributed by atoms with E-state index in [1.165, 1.54) is 19.3 Å². The maximum atomic E-state index is 12.8. The number of allylic oxidation sites excluding steroid dienone is 3. The summed E-state index contributed by atoms with van der Waals surface area (Å²) in [5.41, 5.74) is 3.57. The topological polar surface area (TPSA) is 38.8 Å². The first-order chi connectivity index (χ1) is 13.4. The molecule has 5 atom stereocenters.